The van der Waals surface area contributed by atoms with Crippen molar-refractivity contribution in [3.05, 3.63) is 21.9 Å². The van der Waals surface area contributed by atoms with Crippen molar-refractivity contribution >= 4 is 11.3 Å². The SMILES string of the molecule is Cc1ccc(C2(CN)CCCC2)s1. The minimum Gasteiger partial charge on any atom is -0.330 e. The Morgan fingerprint density at radius 2 is 2.08 bits per heavy atom. The minimum atomic E-state index is 0.346. The van der Waals surface area contributed by atoms with Crippen LogP contribution < -0.4 is 5.73 Å². The lowest BCUT2D eigenvalue weighted by atomic mass is 9.85. The van der Waals surface area contributed by atoms with Crippen LogP contribution in [-0.4, -0.2) is 6.54 Å². The largest absolute Gasteiger partial charge is 0.330 e. The highest BCUT2D eigenvalue weighted by Gasteiger charge is 2.35. The van der Waals surface area contributed by atoms with Crippen LogP contribution in [0.15, 0.2) is 12.1 Å². The average molecular weight is 195 g/mol. The molecule has 72 valence electrons. The fourth-order valence-electron chi connectivity index (χ4n) is 2.32. The average Bonchev–Trinajstić information content (AvgIpc) is 2.73. The smallest absolute Gasteiger partial charge is 0.0169 e. The molecule has 1 aliphatic carbocycles. The normalized spacial score (nSPS) is 20.8. The summed E-state index contributed by atoms with van der Waals surface area (Å²) in [5.41, 5.74) is 6.26. The fourth-order valence-corrected chi connectivity index (χ4v) is 3.45. The van der Waals surface area contributed by atoms with Gasteiger partial charge in [0.2, 0.25) is 0 Å². The van der Waals surface area contributed by atoms with E-state index in [0.29, 0.717) is 5.41 Å². The van der Waals surface area contributed by atoms with Crippen molar-refractivity contribution < 1.29 is 0 Å². The van der Waals surface area contributed by atoms with Crippen molar-refractivity contribution in [3.8, 4) is 0 Å². The van der Waals surface area contributed by atoms with Crippen LogP contribution in [0.2, 0.25) is 0 Å². The first-order valence-corrected chi connectivity index (χ1v) is 5.85. The van der Waals surface area contributed by atoms with Gasteiger partial charge in [-0.25, -0.2) is 0 Å². The summed E-state index contributed by atoms with van der Waals surface area (Å²) in [6, 6.07) is 4.49. The summed E-state index contributed by atoms with van der Waals surface area (Å²) in [7, 11) is 0. The standard InChI is InChI=1S/C11H17NS/c1-9-4-5-10(13-9)11(8-12)6-2-3-7-11/h4-5H,2-3,6-8,12H2,1H3. The van der Waals surface area contributed by atoms with Gasteiger partial charge in [-0.3, -0.25) is 0 Å². The zero-order chi connectivity index (χ0) is 9.31. The Kier molecular flexibility index (Phi) is 2.43. The summed E-state index contributed by atoms with van der Waals surface area (Å²) in [6.45, 7) is 3.00. The van der Waals surface area contributed by atoms with E-state index in [1.807, 2.05) is 11.3 Å². The number of aryl methyl sites for hydroxylation is 1. The van der Waals surface area contributed by atoms with E-state index in [-0.39, 0.29) is 0 Å². The number of nitrogens with two attached hydrogens (primary N) is 1. The highest BCUT2D eigenvalue weighted by Crippen LogP contribution is 2.42. The van der Waals surface area contributed by atoms with Gasteiger partial charge in [0.15, 0.2) is 0 Å². The van der Waals surface area contributed by atoms with Crippen LogP contribution in [0.25, 0.3) is 0 Å². The maximum absolute atomic E-state index is 5.92. The molecule has 0 atom stereocenters. The van der Waals surface area contributed by atoms with Crippen molar-refractivity contribution in [2.24, 2.45) is 5.73 Å². The van der Waals surface area contributed by atoms with E-state index >= 15 is 0 Å². The van der Waals surface area contributed by atoms with Crippen molar-refractivity contribution in [1.29, 1.82) is 0 Å². The lowest BCUT2D eigenvalue weighted by Gasteiger charge is -2.25. The Bertz CT molecular complexity index is 284. The van der Waals surface area contributed by atoms with E-state index in [1.165, 1.54) is 35.4 Å². The molecule has 1 aromatic rings. The quantitative estimate of drug-likeness (QED) is 0.771. The van der Waals surface area contributed by atoms with Crippen LogP contribution in [0.3, 0.4) is 0 Å². The molecule has 0 unspecified atom stereocenters. The van der Waals surface area contributed by atoms with Gasteiger partial charge in [-0.15, -0.1) is 11.3 Å². The highest BCUT2D eigenvalue weighted by atomic mass is 32.1. The van der Waals surface area contributed by atoms with E-state index in [1.54, 1.807) is 0 Å². The number of rotatable bonds is 2. The molecule has 1 aliphatic rings. The zero-order valence-electron chi connectivity index (χ0n) is 8.18. The van der Waals surface area contributed by atoms with Gasteiger partial charge in [0, 0.05) is 21.7 Å². The summed E-state index contributed by atoms with van der Waals surface area (Å²) >= 11 is 1.93. The summed E-state index contributed by atoms with van der Waals surface area (Å²) in [5.74, 6) is 0. The Balaban J connectivity index is 2.30. The molecule has 0 saturated heterocycles. The minimum absolute atomic E-state index is 0.346. The van der Waals surface area contributed by atoms with Gasteiger partial charge in [-0.2, -0.15) is 0 Å². The molecule has 1 heterocycles. The number of hydrogen-bond acceptors (Lipinski definition) is 2. The second-order valence-corrected chi connectivity index (χ2v) is 5.39. The lowest BCUT2D eigenvalue weighted by molar-refractivity contribution is 0.462. The third kappa shape index (κ3) is 1.53. The van der Waals surface area contributed by atoms with Crippen LogP contribution in [0, 0.1) is 6.92 Å². The molecular weight excluding hydrogens is 178 g/mol. The lowest BCUT2D eigenvalue weighted by Crippen LogP contribution is -2.30. The molecule has 2 heteroatoms. The van der Waals surface area contributed by atoms with E-state index in [2.05, 4.69) is 19.1 Å². The summed E-state index contributed by atoms with van der Waals surface area (Å²) in [4.78, 5) is 2.93. The van der Waals surface area contributed by atoms with Gasteiger partial charge < -0.3 is 5.73 Å². The van der Waals surface area contributed by atoms with Crippen LogP contribution >= 0.6 is 11.3 Å². The van der Waals surface area contributed by atoms with Crippen molar-refractivity contribution in [3.63, 3.8) is 0 Å². The topological polar surface area (TPSA) is 26.0 Å². The van der Waals surface area contributed by atoms with Crippen molar-refractivity contribution in [2.75, 3.05) is 6.54 Å². The first-order valence-electron chi connectivity index (χ1n) is 5.04. The molecule has 0 aromatic carbocycles. The van der Waals surface area contributed by atoms with Gasteiger partial charge >= 0.3 is 0 Å². The molecule has 13 heavy (non-hydrogen) atoms. The molecular formula is C11H17NS. The summed E-state index contributed by atoms with van der Waals surface area (Å²) in [6.07, 6.45) is 5.30. The first-order chi connectivity index (χ1) is 6.27. The maximum Gasteiger partial charge on any atom is 0.0169 e. The van der Waals surface area contributed by atoms with Crippen LogP contribution in [0.4, 0.5) is 0 Å². The summed E-state index contributed by atoms with van der Waals surface area (Å²) < 4.78 is 0. The molecule has 1 aromatic heterocycles. The van der Waals surface area contributed by atoms with Crippen LogP contribution in [0.5, 0.6) is 0 Å². The van der Waals surface area contributed by atoms with Crippen molar-refractivity contribution in [1.82, 2.24) is 0 Å². The Morgan fingerprint density at radius 1 is 1.38 bits per heavy atom. The van der Waals surface area contributed by atoms with Gasteiger partial charge in [0.05, 0.1) is 0 Å². The molecule has 2 rings (SSSR count). The Hall–Kier alpha value is -0.340. The summed E-state index contributed by atoms with van der Waals surface area (Å²) in [5, 5.41) is 0. The van der Waals surface area contributed by atoms with Crippen LogP contribution in [-0.2, 0) is 5.41 Å². The third-order valence-corrected chi connectivity index (χ3v) is 4.46. The van der Waals surface area contributed by atoms with Crippen LogP contribution in [0.1, 0.15) is 35.4 Å². The molecule has 2 N–H and O–H groups in total. The molecule has 0 bridgehead atoms. The fraction of sp³-hybridized carbons (Fsp3) is 0.636. The van der Waals surface area contributed by atoms with Gasteiger partial charge in [0.25, 0.3) is 0 Å². The monoisotopic (exact) mass is 195 g/mol. The van der Waals surface area contributed by atoms with Gasteiger partial charge in [-0.05, 0) is 31.9 Å². The maximum atomic E-state index is 5.92. The van der Waals surface area contributed by atoms with E-state index < -0.39 is 0 Å². The molecule has 0 radical (unpaired) electrons. The zero-order valence-corrected chi connectivity index (χ0v) is 8.99. The van der Waals surface area contributed by atoms with E-state index in [0.717, 1.165) is 6.54 Å². The molecule has 0 amide bonds. The molecule has 0 spiro atoms. The second-order valence-electron chi connectivity index (χ2n) is 4.10. The number of hydrogen-bond donors (Lipinski definition) is 1. The predicted molar refractivity (Wildman–Crippen MR) is 58.3 cm³/mol. The molecule has 1 fully saturated rings. The Morgan fingerprint density at radius 3 is 2.54 bits per heavy atom. The molecule has 1 saturated carbocycles. The van der Waals surface area contributed by atoms with Gasteiger partial charge in [-0.1, -0.05) is 12.8 Å². The highest BCUT2D eigenvalue weighted by molar-refractivity contribution is 7.12. The number of thiophene rings is 1. The third-order valence-electron chi connectivity index (χ3n) is 3.21. The van der Waals surface area contributed by atoms with Gasteiger partial charge in [0.1, 0.15) is 0 Å². The Labute approximate surface area is 84.0 Å². The molecule has 0 aliphatic heterocycles. The van der Waals surface area contributed by atoms with Crippen molar-refractivity contribution in [2.45, 2.75) is 38.0 Å². The van der Waals surface area contributed by atoms with E-state index in [9.17, 15) is 0 Å². The second kappa shape index (κ2) is 3.43. The first kappa shape index (κ1) is 9.22. The molecule has 1 nitrogen and oxygen atoms in total. The van der Waals surface area contributed by atoms with E-state index in [4.69, 9.17) is 5.73 Å². The predicted octanol–water partition coefficient (Wildman–Crippen LogP) is 2.83.